The Morgan fingerprint density at radius 3 is 2.62 bits per heavy atom. The molecule has 1 aromatic heterocycles. The normalized spacial score (nSPS) is 26.0. The number of aromatic amines is 1. The number of alkyl halides is 2. The van der Waals surface area contributed by atoms with E-state index < -0.39 is 72.0 Å². The van der Waals surface area contributed by atoms with E-state index in [4.69, 9.17) is 41.9 Å². The van der Waals surface area contributed by atoms with E-state index in [-0.39, 0.29) is 0 Å². The number of carbonyl (C=O) groups is 1. The molecule has 1 aliphatic heterocycles. The van der Waals surface area contributed by atoms with Crippen LogP contribution in [-0.4, -0.2) is 56.7 Å². The Bertz CT molecular complexity index is 1280. The summed E-state index contributed by atoms with van der Waals surface area (Å²) in [7, 11) is 0. The van der Waals surface area contributed by atoms with Gasteiger partial charge in [0.1, 0.15) is 24.0 Å². The summed E-state index contributed by atoms with van der Waals surface area (Å²) in [6, 6.07) is 7.28. The second-order valence-electron chi connectivity index (χ2n) is 8.32. The highest BCUT2D eigenvalue weighted by molar-refractivity contribution is 8.09. The minimum Gasteiger partial charge on any atom is -0.462 e. The zero-order valence-corrected chi connectivity index (χ0v) is 22.3. The molecule has 16 heteroatoms. The number of benzene rings is 1. The second-order valence-corrected chi connectivity index (χ2v) is 12.0. The molecule has 1 aliphatic rings. The lowest BCUT2D eigenvalue weighted by Gasteiger charge is -2.28. The van der Waals surface area contributed by atoms with Crippen LogP contribution in [0.4, 0.5) is 8.78 Å². The Morgan fingerprint density at radius 1 is 1.35 bits per heavy atom. The maximum absolute atomic E-state index is 15.3. The minimum atomic E-state index is -3.58. The van der Waals surface area contributed by atoms with E-state index in [2.05, 4.69) is 5.09 Å². The fourth-order valence-electron chi connectivity index (χ4n) is 3.25. The minimum absolute atomic E-state index is 0.293. The summed E-state index contributed by atoms with van der Waals surface area (Å²) in [5.74, 6) is -1.74. The SMILES string of the molecule is CC(C)OC(=O)[C@H](C)N[P@](=S)(OC[C@H]1O[C@@H](n2cc(F)c(=O)[nH]c2=O)[C@](F)(Cl)[C@@H]1O)Oc1ccccc1. The molecule has 0 radical (unpaired) electrons. The Labute approximate surface area is 219 Å². The van der Waals surface area contributed by atoms with Gasteiger partial charge in [0.25, 0.3) is 10.7 Å². The summed E-state index contributed by atoms with van der Waals surface area (Å²) in [5, 5.41) is 10.1. The van der Waals surface area contributed by atoms with Crippen molar-refractivity contribution >= 4 is 36.0 Å². The van der Waals surface area contributed by atoms with Crippen molar-refractivity contribution in [1.29, 1.82) is 0 Å². The van der Waals surface area contributed by atoms with E-state index >= 15 is 4.39 Å². The van der Waals surface area contributed by atoms with Gasteiger partial charge in [-0.25, -0.2) is 14.3 Å². The largest absolute Gasteiger partial charge is 0.462 e. The summed E-state index contributed by atoms with van der Waals surface area (Å²) in [6.07, 6.45) is -5.62. The Kier molecular flexibility index (Phi) is 9.27. The molecule has 6 atom stereocenters. The fourth-order valence-corrected chi connectivity index (χ4v) is 5.96. The molecule has 11 nitrogen and oxygen atoms in total. The highest BCUT2D eigenvalue weighted by Crippen LogP contribution is 2.48. The van der Waals surface area contributed by atoms with E-state index in [1.165, 1.54) is 6.92 Å². The van der Waals surface area contributed by atoms with Gasteiger partial charge < -0.3 is 23.6 Å². The number of nitrogens with one attached hydrogen (secondary N) is 2. The van der Waals surface area contributed by atoms with Gasteiger partial charge >= 0.3 is 18.3 Å². The zero-order valence-electron chi connectivity index (χ0n) is 19.8. The number of rotatable bonds is 10. The molecule has 0 saturated carbocycles. The van der Waals surface area contributed by atoms with Crippen LogP contribution in [0.25, 0.3) is 0 Å². The molecule has 3 rings (SSSR count). The summed E-state index contributed by atoms with van der Waals surface area (Å²) in [4.78, 5) is 37.4. The monoisotopic (exact) mass is 583 g/mol. The summed E-state index contributed by atoms with van der Waals surface area (Å²) in [5.41, 5.74) is -2.54. The number of nitrogens with zero attached hydrogens (tertiary/aromatic N) is 1. The molecule has 2 heterocycles. The van der Waals surface area contributed by atoms with E-state index in [1.54, 1.807) is 49.2 Å². The van der Waals surface area contributed by atoms with E-state index in [1.807, 2.05) is 0 Å². The quantitative estimate of drug-likeness (QED) is 0.216. The van der Waals surface area contributed by atoms with Crippen molar-refractivity contribution in [2.75, 3.05) is 6.61 Å². The van der Waals surface area contributed by atoms with Gasteiger partial charge in [-0.05, 0) is 44.7 Å². The molecule has 204 valence electrons. The molecule has 1 aromatic carbocycles. The number of aliphatic hydroxyl groups excluding tert-OH is 1. The number of para-hydroxylation sites is 1. The van der Waals surface area contributed by atoms with Crippen molar-refractivity contribution in [3.8, 4) is 5.75 Å². The lowest BCUT2D eigenvalue weighted by atomic mass is 10.1. The smallest absolute Gasteiger partial charge is 0.330 e. The first-order valence-electron chi connectivity index (χ1n) is 10.9. The molecule has 0 bridgehead atoms. The van der Waals surface area contributed by atoms with Crippen molar-refractivity contribution in [3.05, 3.63) is 63.2 Å². The van der Waals surface area contributed by atoms with Gasteiger partial charge in [-0.15, -0.1) is 0 Å². The molecular weight excluding hydrogens is 559 g/mol. The standard InChI is InChI=1S/C21H25ClF2N3O8PS/c1-11(2)33-18(30)12(3)26-36(37,35-13-7-5-4-6-8-13)32-10-15-16(28)21(22,24)19(34-15)27-9-14(23)17(29)25-20(27)31/h4-9,11-12,15-16,19,28H,10H2,1-3H3,(H,26,37)(H,25,29,31)/t12-,15+,16+,19+,21-,36-/m0/s1. The number of H-pyrrole nitrogens is 1. The Hall–Kier alpha value is -2.19. The molecule has 3 N–H and O–H groups in total. The van der Waals surface area contributed by atoms with Crippen LogP contribution in [0.2, 0.25) is 0 Å². The number of esters is 1. The number of aliphatic hydroxyl groups is 1. The number of ether oxygens (including phenoxy) is 2. The number of aromatic nitrogens is 2. The first-order chi connectivity index (χ1) is 17.2. The molecule has 0 aliphatic carbocycles. The lowest BCUT2D eigenvalue weighted by Crippen LogP contribution is -2.42. The fraction of sp³-hybridized carbons (Fsp3) is 0.476. The summed E-state index contributed by atoms with van der Waals surface area (Å²) < 4.78 is 51.5. The number of halogens is 3. The van der Waals surface area contributed by atoms with Gasteiger partial charge in [0.2, 0.25) is 5.82 Å². The first-order valence-corrected chi connectivity index (χ1v) is 13.9. The lowest BCUT2D eigenvalue weighted by molar-refractivity contribution is -0.149. The Balaban J connectivity index is 1.82. The third kappa shape index (κ3) is 7.02. The van der Waals surface area contributed by atoms with E-state index in [0.717, 1.165) is 0 Å². The highest BCUT2D eigenvalue weighted by atomic mass is 35.5. The van der Waals surface area contributed by atoms with Crippen molar-refractivity contribution in [2.24, 2.45) is 0 Å². The van der Waals surface area contributed by atoms with Gasteiger partial charge in [-0.1, -0.05) is 29.8 Å². The third-order valence-corrected chi connectivity index (χ3v) is 7.90. The molecule has 37 heavy (non-hydrogen) atoms. The number of hydrogen-bond donors (Lipinski definition) is 3. The maximum atomic E-state index is 15.3. The molecule has 2 aromatic rings. The van der Waals surface area contributed by atoms with E-state index in [0.29, 0.717) is 16.5 Å². The topological polar surface area (TPSA) is 141 Å². The van der Waals surface area contributed by atoms with Crippen molar-refractivity contribution in [1.82, 2.24) is 14.6 Å². The highest BCUT2D eigenvalue weighted by Gasteiger charge is 2.58. The van der Waals surface area contributed by atoms with Crippen LogP contribution in [0.1, 0.15) is 27.0 Å². The predicted octanol–water partition coefficient (Wildman–Crippen LogP) is 2.09. The maximum Gasteiger partial charge on any atom is 0.330 e. The van der Waals surface area contributed by atoms with Gasteiger partial charge in [0, 0.05) is 0 Å². The average Bonchev–Trinajstić information content (AvgIpc) is 3.03. The van der Waals surface area contributed by atoms with Crippen molar-refractivity contribution in [2.45, 2.75) is 56.5 Å². The third-order valence-electron chi connectivity index (χ3n) is 4.99. The van der Waals surface area contributed by atoms with Crippen LogP contribution in [-0.2, 0) is 30.6 Å². The van der Waals surface area contributed by atoms with Crippen molar-refractivity contribution in [3.63, 3.8) is 0 Å². The molecule has 0 amide bonds. The van der Waals surface area contributed by atoms with Gasteiger partial charge in [0.05, 0.1) is 18.9 Å². The van der Waals surface area contributed by atoms with Crippen LogP contribution >= 0.6 is 18.2 Å². The van der Waals surface area contributed by atoms with Crippen LogP contribution in [0.5, 0.6) is 5.75 Å². The number of carbonyl (C=O) groups excluding carboxylic acids is 1. The molecule has 1 fully saturated rings. The van der Waals surface area contributed by atoms with Crippen LogP contribution in [0.15, 0.2) is 46.1 Å². The van der Waals surface area contributed by atoms with Gasteiger partial charge in [0.15, 0.2) is 6.23 Å². The summed E-state index contributed by atoms with van der Waals surface area (Å²) >= 11 is 11.4. The van der Waals surface area contributed by atoms with Gasteiger partial charge in [-0.2, -0.15) is 4.39 Å². The van der Waals surface area contributed by atoms with Gasteiger partial charge in [-0.3, -0.25) is 19.1 Å². The molecular formula is C21H25ClF2N3O8PS. The van der Waals surface area contributed by atoms with E-state index in [9.17, 15) is 23.9 Å². The van der Waals surface area contributed by atoms with Crippen LogP contribution in [0.3, 0.4) is 0 Å². The summed E-state index contributed by atoms with van der Waals surface area (Å²) in [6.45, 7) is 0.619. The van der Waals surface area contributed by atoms with Crippen LogP contribution < -0.4 is 20.9 Å². The molecule has 0 spiro atoms. The number of hydrogen-bond acceptors (Lipinski definition) is 9. The Morgan fingerprint density at radius 2 is 2.00 bits per heavy atom. The zero-order chi connectivity index (χ0) is 27.5. The van der Waals surface area contributed by atoms with Crippen molar-refractivity contribution < 1.29 is 37.2 Å². The van der Waals surface area contributed by atoms with Crippen LogP contribution in [0, 0.1) is 5.82 Å². The predicted molar refractivity (Wildman–Crippen MR) is 132 cm³/mol. The second kappa shape index (κ2) is 11.7. The molecule has 1 saturated heterocycles. The first kappa shape index (κ1) is 29.4. The molecule has 0 unspecified atom stereocenters. The average molecular weight is 584 g/mol.